The fraction of sp³-hybridized carbons (Fsp3) is 0.588. The highest BCUT2D eigenvalue weighted by Gasteiger charge is 2.19. The number of amides is 1. The van der Waals surface area contributed by atoms with E-state index in [1.165, 1.54) is 18.6 Å². The van der Waals surface area contributed by atoms with Crippen LogP contribution in [0, 0.1) is 10.1 Å². The van der Waals surface area contributed by atoms with Crippen LogP contribution in [0.25, 0.3) is 0 Å². The molecule has 1 saturated carbocycles. The number of hydrogen-bond acceptors (Lipinski definition) is 4. The molecule has 1 aromatic carbocycles. The number of non-ortho nitro benzene ring substituents is 1. The van der Waals surface area contributed by atoms with Crippen molar-refractivity contribution in [3.63, 3.8) is 0 Å². The molecule has 0 bridgehead atoms. The van der Waals surface area contributed by atoms with E-state index in [-0.39, 0.29) is 17.7 Å². The van der Waals surface area contributed by atoms with E-state index in [9.17, 15) is 14.9 Å². The Kier molecular flexibility index (Phi) is 6.38. The van der Waals surface area contributed by atoms with E-state index in [4.69, 9.17) is 4.74 Å². The number of carbonyl (C=O) groups excluding carboxylic acids is 1. The molecule has 1 fully saturated rings. The van der Waals surface area contributed by atoms with Crippen LogP contribution in [0.15, 0.2) is 18.2 Å². The maximum Gasteiger partial charge on any atom is 0.273 e. The van der Waals surface area contributed by atoms with E-state index in [2.05, 4.69) is 5.32 Å². The Labute approximate surface area is 136 Å². The van der Waals surface area contributed by atoms with Crippen molar-refractivity contribution in [2.24, 2.45) is 0 Å². The second kappa shape index (κ2) is 8.50. The molecule has 1 aromatic rings. The Morgan fingerprint density at radius 2 is 2.09 bits per heavy atom. The zero-order valence-electron chi connectivity index (χ0n) is 13.5. The standard InChI is InChI=1S/C17H24N2O4/c1-2-6-17(20)18-12-13-9-10-14(19(21)22)11-16(13)23-15-7-4-3-5-8-15/h9-11,15H,2-8,12H2,1H3,(H,18,20). The number of carbonyl (C=O) groups is 1. The van der Waals surface area contributed by atoms with Crippen LogP contribution in [0.1, 0.15) is 57.4 Å². The van der Waals surface area contributed by atoms with Crippen LogP contribution in [-0.4, -0.2) is 16.9 Å². The molecule has 6 nitrogen and oxygen atoms in total. The second-order valence-electron chi connectivity index (χ2n) is 5.95. The molecule has 0 radical (unpaired) electrons. The molecule has 0 atom stereocenters. The topological polar surface area (TPSA) is 81.5 Å². The smallest absolute Gasteiger partial charge is 0.273 e. The molecule has 126 valence electrons. The number of nitrogens with zero attached hydrogens (tertiary/aromatic N) is 1. The van der Waals surface area contributed by atoms with Crippen LogP contribution in [0.4, 0.5) is 5.69 Å². The molecule has 1 aliphatic rings. The highest BCUT2D eigenvalue weighted by Crippen LogP contribution is 2.29. The SMILES string of the molecule is CCCC(=O)NCc1ccc([N+](=O)[O-])cc1OC1CCCCC1. The van der Waals surface area contributed by atoms with Crippen molar-refractivity contribution in [3.8, 4) is 5.75 Å². The van der Waals surface area contributed by atoms with Crippen molar-refractivity contribution in [2.75, 3.05) is 0 Å². The lowest BCUT2D eigenvalue weighted by molar-refractivity contribution is -0.385. The van der Waals surface area contributed by atoms with Crippen LogP contribution >= 0.6 is 0 Å². The highest BCUT2D eigenvalue weighted by molar-refractivity contribution is 5.75. The molecule has 0 heterocycles. The van der Waals surface area contributed by atoms with Gasteiger partial charge in [0.25, 0.3) is 5.69 Å². The molecule has 0 aliphatic heterocycles. The maximum absolute atomic E-state index is 11.6. The quantitative estimate of drug-likeness (QED) is 0.613. The molecule has 6 heteroatoms. The van der Waals surface area contributed by atoms with E-state index < -0.39 is 4.92 Å². The number of nitro benzene ring substituents is 1. The Morgan fingerprint density at radius 1 is 1.35 bits per heavy atom. The predicted octanol–water partition coefficient (Wildman–Crippen LogP) is 3.72. The van der Waals surface area contributed by atoms with Crippen LogP contribution in [0.5, 0.6) is 5.75 Å². The Hall–Kier alpha value is -2.11. The summed E-state index contributed by atoms with van der Waals surface area (Å²) in [6.45, 7) is 2.28. The van der Waals surface area contributed by atoms with E-state index in [0.29, 0.717) is 18.7 Å². The van der Waals surface area contributed by atoms with Crippen LogP contribution in [0.3, 0.4) is 0 Å². The first-order valence-corrected chi connectivity index (χ1v) is 8.31. The summed E-state index contributed by atoms with van der Waals surface area (Å²) in [5, 5.41) is 13.8. The van der Waals surface area contributed by atoms with Gasteiger partial charge in [0, 0.05) is 24.6 Å². The third-order valence-corrected chi connectivity index (χ3v) is 4.06. The van der Waals surface area contributed by atoms with Crippen LogP contribution < -0.4 is 10.1 Å². The minimum atomic E-state index is -0.423. The van der Waals surface area contributed by atoms with Gasteiger partial charge in [-0.05, 0) is 38.2 Å². The summed E-state index contributed by atoms with van der Waals surface area (Å²) in [5.41, 5.74) is 0.796. The number of rotatable bonds is 7. The van der Waals surface area contributed by atoms with Crippen molar-refractivity contribution in [1.29, 1.82) is 0 Å². The van der Waals surface area contributed by atoms with E-state index in [0.717, 1.165) is 37.7 Å². The van der Waals surface area contributed by atoms with E-state index in [1.54, 1.807) is 6.07 Å². The van der Waals surface area contributed by atoms with Gasteiger partial charge in [0.15, 0.2) is 0 Å². The third-order valence-electron chi connectivity index (χ3n) is 4.06. The fourth-order valence-corrected chi connectivity index (χ4v) is 2.78. The van der Waals surface area contributed by atoms with Gasteiger partial charge in [-0.25, -0.2) is 0 Å². The summed E-state index contributed by atoms with van der Waals surface area (Å²) < 4.78 is 6.01. The number of nitro groups is 1. The minimum Gasteiger partial charge on any atom is -0.490 e. The maximum atomic E-state index is 11.6. The molecule has 2 rings (SSSR count). The Bertz CT molecular complexity index is 554. The highest BCUT2D eigenvalue weighted by atomic mass is 16.6. The summed E-state index contributed by atoms with van der Waals surface area (Å²) in [7, 11) is 0. The monoisotopic (exact) mass is 320 g/mol. The van der Waals surface area contributed by atoms with Crippen molar-refractivity contribution in [2.45, 2.75) is 64.5 Å². The zero-order chi connectivity index (χ0) is 16.7. The van der Waals surface area contributed by atoms with Crippen LogP contribution in [0.2, 0.25) is 0 Å². The molecule has 0 aromatic heterocycles. The number of ether oxygens (including phenoxy) is 1. The predicted molar refractivity (Wildman–Crippen MR) is 87.4 cm³/mol. The van der Waals surface area contributed by atoms with Gasteiger partial charge < -0.3 is 10.1 Å². The second-order valence-corrected chi connectivity index (χ2v) is 5.95. The van der Waals surface area contributed by atoms with Gasteiger partial charge in [-0.2, -0.15) is 0 Å². The van der Waals surface area contributed by atoms with Crippen molar-refractivity contribution >= 4 is 11.6 Å². The first-order valence-electron chi connectivity index (χ1n) is 8.31. The summed E-state index contributed by atoms with van der Waals surface area (Å²) in [5.74, 6) is 0.498. The lowest BCUT2D eigenvalue weighted by Gasteiger charge is -2.24. The van der Waals surface area contributed by atoms with E-state index in [1.807, 2.05) is 6.92 Å². The van der Waals surface area contributed by atoms with Gasteiger partial charge in [0.2, 0.25) is 5.91 Å². The molecular weight excluding hydrogens is 296 g/mol. The normalized spacial score (nSPS) is 15.2. The van der Waals surface area contributed by atoms with Gasteiger partial charge >= 0.3 is 0 Å². The van der Waals surface area contributed by atoms with Crippen molar-refractivity contribution in [3.05, 3.63) is 33.9 Å². The summed E-state index contributed by atoms with van der Waals surface area (Å²) >= 11 is 0. The largest absolute Gasteiger partial charge is 0.490 e. The zero-order valence-corrected chi connectivity index (χ0v) is 13.5. The summed E-state index contributed by atoms with van der Waals surface area (Å²) in [4.78, 5) is 22.2. The third kappa shape index (κ3) is 5.23. The Balaban J connectivity index is 2.11. The van der Waals surface area contributed by atoms with Gasteiger partial charge in [-0.3, -0.25) is 14.9 Å². The first-order chi connectivity index (χ1) is 11.1. The number of hydrogen-bond donors (Lipinski definition) is 1. The average molecular weight is 320 g/mol. The number of nitrogens with one attached hydrogen (secondary N) is 1. The minimum absolute atomic E-state index is 0.0134. The van der Waals surface area contributed by atoms with E-state index >= 15 is 0 Å². The van der Waals surface area contributed by atoms with Gasteiger partial charge in [-0.1, -0.05) is 13.3 Å². The molecule has 1 aliphatic carbocycles. The molecule has 0 unspecified atom stereocenters. The summed E-state index contributed by atoms with van der Waals surface area (Å²) in [6.07, 6.45) is 6.80. The lowest BCUT2D eigenvalue weighted by atomic mass is 9.97. The van der Waals surface area contributed by atoms with Crippen molar-refractivity contribution in [1.82, 2.24) is 5.32 Å². The van der Waals surface area contributed by atoms with Gasteiger partial charge in [0.1, 0.15) is 5.75 Å². The molecule has 0 spiro atoms. The van der Waals surface area contributed by atoms with Crippen LogP contribution in [-0.2, 0) is 11.3 Å². The molecule has 23 heavy (non-hydrogen) atoms. The van der Waals surface area contributed by atoms with Gasteiger partial charge in [0.05, 0.1) is 17.1 Å². The molecule has 0 saturated heterocycles. The molecular formula is C17H24N2O4. The molecule has 1 amide bonds. The first kappa shape index (κ1) is 17.2. The van der Waals surface area contributed by atoms with Crippen molar-refractivity contribution < 1.29 is 14.5 Å². The fourth-order valence-electron chi connectivity index (χ4n) is 2.78. The lowest BCUT2D eigenvalue weighted by Crippen LogP contribution is -2.24. The van der Waals surface area contributed by atoms with Gasteiger partial charge in [-0.15, -0.1) is 0 Å². The summed E-state index contributed by atoms with van der Waals surface area (Å²) in [6, 6.07) is 4.59. The average Bonchev–Trinajstić information content (AvgIpc) is 2.54. The number of benzene rings is 1. The molecule has 1 N–H and O–H groups in total. The Morgan fingerprint density at radius 3 is 2.74 bits per heavy atom.